The van der Waals surface area contributed by atoms with Crippen LogP contribution in [0.4, 0.5) is 5.82 Å². The first kappa shape index (κ1) is 18.7. The number of rotatable bonds is 5. The molecular formula is C21H25N3O4. The number of aliphatic hydroxyl groups is 1. The van der Waals surface area contributed by atoms with Crippen LogP contribution in [0, 0.1) is 5.92 Å². The highest BCUT2D eigenvalue weighted by Crippen LogP contribution is 2.32. The van der Waals surface area contributed by atoms with Crippen molar-refractivity contribution in [1.29, 1.82) is 0 Å². The van der Waals surface area contributed by atoms with Crippen molar-refractivity contribution >= 4 is 11.7 Å². The largest absolute Gasteiger partial charge is 0.493 e. The second-order valence-electron chi connectivity index (χ2n) is 7.59. The number of carbonyl (C=O) groups excluding carboxylic acids is 1. The van der Waals surface area contributed by atoms with Gasteiger partial charge < -0.3 is 19.9 Å². The Morgan fingerprint density at radius 2 is 2.21 bits per heavy atom. The van der Waals surface area contributed by atoms with E-state index in [0.717, 1.165) is 36.6 Å². The summed E-state index contributed by atoms with van der Waals surface area (Å²) < 4.78 is 11.7. The normalized spacial score (nSPS) is 21.6. The van der Waals surface area contributed by atoms with E-state index >= 15 is 0 Å². The summed E-state index contributed by atoms with van der Waals surface area (Å²) in [6.45, 7) is 4.41. The Morgan fingerprint density at radius 3 is 3.04 bits per heavy atom. The van der Waals surface area contributed by atoms with E-state index in [2.05, 4.69) is 17.2 Å². The van der Waals surface area contributed by atoms with E-state index in [4.69, 9.17) is 9.47 Å². The summed E-state index contributed by atoms with van der Waals surface area (Å²) in [6, 6.07) is 9.28. The number of hydrogen-bond acceptors (Lipinski definition) is 6. The van der Waals surface area contributed by atoms with Crippen LogP contribution >= 0.6 is 0 Å². The van der Waals surface area contributed by atoms with E-state index in [9.17, 15) is 9.90 Å². The maximum Gasteiger partial charge on any atom is 0.239 e. The lowest BCUT2D eigenvalue weighted by atomic mass is 9.98. The van der Waals surface area contributed by atoms with Crippen molar-refractivity contribution in [2.75, 3.05) is 31.6 Å². The first-order chi connectivity index (χ1) is 13.5. The van der Waals surface area contributed by atoms with Gasteiger partial charge in [0, 0.05) is 25.4 Å². The molecular weight excluding hydrogens is 358 g/mol. The maximum atomic E-state index is 12.2. The summed E-state index contributed by atoms with van der Waals surface area (Å²) in [5.41, 5.74) is 1.15. The van der Waals surface area contributed by atoms with Gasteiger partial charge in [0.15, 0.2) is 0 Å². The third-order valence-corrected chi connectivity index (χ3v) is 4.97. The van der Waals surface area contributed by atoms with Crippen LogP contribution in [-0.4, -0.2) is 53.2 Å². The Kier molecular flexibility index (Phi) is 5.45. The average molecular weight is 383 g/mol. The molecule has 1 aromatic carbocycles. The Labute approximate surface area is 164 Å². The molecule has 0 saturated carbocycles. The number of hydrogen-bond donors (Lipinski definition) is 2. The number of aliphatic hydroxyl groups excluding tert-OH is 1. The van der Waals surface area contributed by atoms with E-state index in [-0.39, 0.29) is 18.6 Å². The Bertz CT molecular complexity index is 857. The monoisotopic (exact) mass is 383 g/mol. The molecule has 28 heavy (non-hydrogen) atoms. The van der Waals surface area contributed by atoms with E-state index in [1.54, 1.807) is 18.3 Å². The third-order valence-electron chi connectivity index (χ3n) is 4.97. The number of nitrogens with one attached hydrogen (secondary N) is 1. The van der Waals surface area contributed by atoms with Gasteiger partial charge in [-0.05, 0) is 48.6 Å². The predicted molar refractivity (Wildman–Crippen MR) is 105 cm³/mol. The predicted octanol–water partition coefficient (Wildman–Crippen LogP) is 2.45. The number of likely N-dealkylation sites (tertiary alicyclic amines) is 1. The maximum absolute atomic E-state index is 12.2. The molecule has 0 spiro atoms. The number of carbonyl (C=O) groups is 1. The molecule has 2 aliphatic heterocycles. The lowest BCUT2D eigenvalue weighted by Gasteiger charge is -2.22. The summed E-state index contributed by atoms with van der Waals surface area (Å²) in [6.07, 6.45) is 2.94. The van der Waals surface area contributed by atoms with Gasteiger partial charge in [-0.1, -0.05) is 6.92 Å². The zero-order valence-corrected chi connectivity index (χ0v) is 15.9. The van der Waals surface area contributed by atoms with Crippen LogP contribution in [0.5, 0.6) is 17.2 Å². The summed E-state index contributed by atoms with van der Waals surface area (Å²) in [7, 11) is 0. The number of benzene rings is 1. The summed E-state index contributed by atoms with van der Waals surface area (Å²) >= 11 is 0. The molecule has 1 unspecified atom stereocenters. The molecule has 1 saturated heterocycles. The van der Waals surface area contributed by atoms with Gasteiger partial charge in [0.25, 0.3) is 0 Å². The van der Waals surface area contributed by atoms with Crippen molar-refractivity contribution in [3.8, 4) is 17.2 Å². The molecule has 1 aromatic heterocycles. The van der Waals surface area contributed by atoms with Crippen molar-refractivity contribution in [3.05, 3.63) is 42.1 Å². The SMILES string of the molecule is CC1COc2ccc(Oc3ccnc(NC(=O)CN4CC[C@@H](O)C4)c3)cc2C1. The summed E-state index contributed by atoms with van der Waals surface area (Å²) in [5.74, 6) is 3.02. The first-order valence-electron chi connectivity index (χ1n) is 9.65. The van der Waals surface area contributed by atoms with E-state index in [1.165, 1.54) is 0 Å². The standard InChI is InChI=1S/C21H25N3O4/c1-14-8-15-9-17(2-3-19(15)27-13-14)28-18-4-6-22-20(10-18)23-21(26)12-24-7-5-16(25)11-24/h2-4,6,9-10,14,16,25H,5,7-8,11-13H2,1H3,(H,22,23,26)/t14?,16-/m1/s1. The molecule has 0 radical (unpaired) electrons. The lowest BCUT2D eigenvalue weighted by Crippen LogP contribution is -2.32. The number of β-amino-alcohol motifs (C(OH)–C–C–N with tert-alkyl or cyclic N) is 1. The van der Waals surface area contributed by atoms with E-state index in [0.29, 0.717) is 30.5 Å². The number of anilines is 1. The van der Waals surface area contributed by atoms with Crippen LogP contribution in [0.15, 0.2) is 36.5 Å². The molecule has 0 bridgehead atoms. The second kappa shape index (κ2) is 8.16. The number of fused-ring (bicyclic) bond motifs is 1. The molecule has 1 fully saturated rings. The minimum absolute atomic E-state index is 0.154. The molecule has 2 aliphatic rings. The zero-order valence-electron chi connectivity index (χ0n) is 15.9. The summed E-state index contributed by atoms with van der Waals surface area (Å²) in [5, 5.41) is 12.3. The molecule has 3 heterocycles. The smallest absolute Gasteiger partial charge is 0.239 e. The van der Waals surface area contributed by atoms with Crippen LogP contribution in [-0.2, 0) is 11.2 Å². The number of amides is 1. The van der Waals surface area contributed by atoms with Crippen LogP contribution < -0.4 is 14.8 Å². The van der Waals surface area contributed by atoms with Crippen LogP contribution in [0.3, 0.4) is 0 Å². The molecule has 0 aliphatic carbocycles. The number of pyridine rings is 1. The van der Waals surface area contributed by atoms with Gasteiger partial charge in [-0.25, -0.2) is 4.98 Å². The molecule has 4 rings (SSSR count). The molecule has 2 atom stereocenters. The first-order valence-corrected chi connectivity index (χ1v) is 9.65. The number of aromatic nitrogens is 1. The highest BCUT2D eigenvalue weighted by atomic mass is 16.5. The van der Waals surface area contributed by atoms with Crippen LogP contribution in [0.2, 0.25) is 0 Å². The summed E-state index contributed by atoms with van der Waals surface area (Å²) in [4.78, 5) is 18.3. The van der Waals surface area contributed by atoms with E-state index in [1.807, 2.05) is 23.1 Å². The number of ether oxygens (including phenoxy) is 2. The van der Waals surface area contributed by atoms with Gasteiger partial charge in [0.2, 0.25) is 5.91 Å². The minimum Gasteiger partial charge on any atom is -0.493 e. The van der Waals surface area contributed by atoms with E-state index < -0.39 is 0 Å². The molecule has 7 nitrogen and oxygen atoms in total. The zero-order chi connectivity index (χ0) is 19.5. The van der Waals surface area contributed by atoms with Gasteiger partial charge >= 0.3 is 0 Å². The van der Waals surface area contributed by atoms with Crippen LogP contribution in [0.1, 0.15) is 18.9 Å². The molecule has 1 amide bonds. The lowest BCUT2D eigenvalue weighted by molar-refractivity contribution is -0.117. The van der Waals surface area contributed by atoms with Crippen molar-refractivity contribution in [2.24, 2.45) is 5.92 Å². The fourth-order valence-corrected chi connectivity index (χ4v) is 3.61. The molecule has 148 valence electrons. The van der Waals surface area contributed by atoms with Gasteiger partial charge in [-0.3, -0.25) is 9.69 Å². The highest BCUT2D eigenvalue weighted by molar-refractivity contribution is 5.91. The molecule has 2 aromatic rings. The van der Waals surface area contributed by atoms with Gasteiger partial charge in [-0.15, -0.1) is 0 Å². The third kappa shape index (κ3) is 4.61. The average Bonchev–Trinajstić information content (AvgIpc) is 3.06. The fourth-order valence-electron chi connectivity index (χ4n) is 3.61. The second-order valence-corrected chi connectivity index (χ2v) is 7.59. The van der Waals surface area contributed by atoms with Gasteiger partial charge in [0.05, 0.1) is 19.3 Å². The van der Waals surface area contributed by atoms with Gasteiger partial charge in [0.1, 0.15) is 23.1 Å². The Hall–Kier alpha value is -2.64. The van der Waals surface area contributed by atoms with Crippen molar-refractivity contribution in [2.45, 2.75) is 25.9 Å². The minimum atomic E-state index is -0.340. The van der Waals surface area contributed by atoms with Crippen molar-refractivity contribution in [1.82, 2.24) is 9.88 Å². The molecule has 7 heteroatoms. The Balaban J connectivity index is 1.38. The molecule has 2 N–H and O–H groups in total. The fraction of sp³-hybridized carbons (Fsp3) is 0.429. The highest BCUT2D eigenvalue weighted by Gasteiger charge is 2.22. The van der Waals surface area contributed by atoms with Gasteiger partial charge in [-0.2, -0.15) is 0 Å². The quantitative estimate of drug-likeness (QED) is 0.825. The topological polar surface area (TPSA) is 83.9 Å². The van der Waals surface area contributed by atoms with Crippen LogP contribution in [0.25, 0.3) is 0 Å². The Morgan fingerprint density at radius 1 is 1.36 bits per heavy atom. The van der Waals surface area contributed by atoms with Crippen molar-refractivity contribution < 1.29 is 19.4 Å². The number of nitrogens with zero attached hydrogens (tertiary/aromatic N) is 2. The van der Waals surface area contributed by atoms with Crippen molar-refractivity contribution in [3.63, 3.8) is 0 Å².